The van der Waals surface area contributed by atoms with Gasteiger partial charge in [0.2, 0.25) is 5.78 Å². The van der Waals surface area contributed by atoms with Gasteiger partial charge in [0.1, 0.15) is 12.1 Å². The van der Waals surface area contributed by atoms with E-state index < -0.39 is 5.78 Å². The highest BCUT2D eigenvalue weighted by Gasteiger charge is 2.17. The molecule has 122 valence electrons. The molecular formula is C16H13N3O4S. The smallest absolute Gasteiger partial charge is 0.226 e. The number of furan rings is 1. The Hall–Kier alpha value is -3.00. The second-order valence-electron chi connectivity index (χ2n) is 4.59. The Morgan fingerprint density at radius 2 is 2.17 bits per heavy atom. The van der Waals surface area contributed by atoms with Gasteiger partial charge in [0.25, 0.3) is 0 Å². The van der Waals surface area contributed by atoms with Crippen LogP contribution in [0.2, 0.25) is 0 Å². The number of carbonyl (C=O) groups is 1. The summed E-state index contributed by atoms with van der Waals surface area (Å²) in [4.78, 5) is 17.6. The van der Waals surface area contributed by atoms with Gasteiger partial charge >= 0.3 is 0 Å². The Bertz CT molecular complexity index is 871. The van der Waals surface area contributed by atoms with Crippen LogP contribution in [0.5, 0.6) is 5.75 Å². The second kappa shape index (κ2) is 7.05. The van der Waals surface area contributed by atoms with Gasteiger partial charge in [-0.3, -0.25) is 9.89 Å². The minimum Gasteiger partial charge on any atom is -0.504 e. The van der Waals surface area contributed by atoms with E-state index in [2.05, 4.69) is 15.2 Å². The van der Waals surface area contributed by atoms with Crippen LogP contribution < -0.4 is 4.74 Å². The highest BCUT2D eigenvalue weighted by Crippen LogP contribution is 2.37. The maximum Gasteiger partial charge on any atom is 0.226 e. The number of methoxy groups -OCH3 is 1. The van der Waals surface area contributed by atoms with Crippen molar-refractivity contribution in [1.82, 2.24) is 15.2 Å². The first-order valence-electron chi connectivity index (χ1n) is 6.88. The summed E-state index contributed by atoms with van der Waals surface area (Å²) in [6.45, 7) is 0. The van der Waals surface area contributed by atoms with E-state index in [1.165, 1.54) is 24.4 Å². The van der Waals surface area contributed by atoms with Crippen LogP contribution in [0.4, 0.5) is 0 Å². The number of rotatable bonds is 6. The van der Waals surface area contributed by atoms with Crippen LogP contribution in [0.1, 0.15) is 16.4 Å². The number of hydrogen-bond donors (Lipinski definition) is 2. The molecule has 0 amide bonds. The minimum absolute atomic E-state index is 0.105. The lowest BCUT2D eigenvalue weighted by atomic mass is 10.2. The third-order valence-electron chi connectivity index (χ3n) is 3.07. The molecule has 2 aromatic heterocycles. The molecule has 3 aromatic rings. The summed E-state index contributed by atoms with van der Waals surface area (Å²) in [6, 6.07) is 9.14. The Kier molecular flexibility index (Phi) is 4.66. The van der Waals surface area contributed by atoms with Crippen molar-refractivity contribution in [2.45, 2.75) is 9.79 Å². The van der Waals surface area contributed by atoms with E-state index >= 15 is 0 Å². The molecule has 2 heterocycles. The van der Waals surface area contributed by atoms with Crippen LogP contribution in [0, 0.1) is 0 Å². The van der Waals surface area contributed by atoms with Crippen LogP contribution in [-0.2, 0) is 0 Å². The van der Waals surface area contributed by atoms with E-state index in [0.29, 0.717) is 10.6 Å². The summed E-state index contributed by atoms with van der Waals surface area (Å²) in [5.41, 5.74) is 0. The molecule has 0 aliphatic rings. The van der Waals surface area contributed by atoms with Gasteiger partial charge < -0.3 is 14.3 Å². The standard InChI is InChI=1S/C16H13N3O4S/c1-22-12-4-2-3-5-13(12)24-14-6-7-23-15(14)10(20)8-11(21)16-17-9-18-19-16/h2-9,21H,1H3,(H,17,18,19). The van der Waals surface area contributed by atoms with Crippen LogP contribution >= 0.6 is 11.8 Å². The molecule has 0 radical (unpaired) electrons. The Labute approximate surface area is 141 Å². The monoisotopic (exact) mass is 343 g/mol. The number of hydrogen-bond acceptors (Lipinski definition) is 7. The second-order valence-corrected chi connectivity index (χ2v) is 5.68. The van der Waals surface area contributed by atoms with Crippen molar-refractivity contribution in [3.8, 4) is 5.75 Å². The van der Waals surface area contributed by atoms with Crippen molar-refractivity contribution >= 4 is 23.3 Å². The first kappa shape index (κ1) is 15.9. The number of carbonyl (C=O) groups excluding carboxylic acids is 1. The van der Waals surface area contributed by atoms with Crippen molar-refractivity contribution in [3.05, 3.63) is 60.6 Å². The first-order chi connectivity index (χ1) is 11.7. The number of aliphatic hydroxyl groups excluding tert-OH is 1. The molecule has 3 rings (SSSR count). The number of aromatic nitrogens is 3. The lowest BCUT2D eigenvalue weighted by Crippen LogP contribution is -1.97. The summed E-state index contributed by atoms with van der Waals surface area (Å²) in [5, 5.41) is 16.0. The molecule has 8 heteroatoms. The van der Waals surface area contributed by atoms with Crippen LogP contribution in [-0.4, -0.2) is 33.2 Å². The number of H-pyrrole nitrogens is 1. The zero-order chi connectivity index (χ0) is 16.9. The molecule has 2 N–H and O–H groups in total. The van der Waals surface area contributed by atoms with Gasteiger partial charge in [-0.05, 0) is 18.2 Å². The SMILES string of the molecule is COc1ccccc1Sc1ccoc1C(=O)C=C(O)c1ncn[nH]1. The number of nitrogens with zero attached hydrogens (tertiary/aromatic N) is 2. The lowest BCUT2D eigenvalue weighted by Gasteiger charge is -2.06. The number of para-hydroxylation sites is 1. The quantitative estimate of drug-likeness (QED) is 0.402. The number of nitrogens with one attached hydrogen (secondary N) is 1. The van der Waals surface area contributed by atoms with Crippen molar-refractivity contribution in [3.63, 3.8) is 0 Å². The van der Waals surface area contributed by atoms with Gasteiger partial charge in [0.15, 0.2) is 17.3 Å². The van der Waals surface area contributed by atoms with Crippen LogP contribution in [0.25, 0.3) is 5.76 Å². The van der Waals surface area contributed by atoms with E-state index in [9.17, 15) is 9.90 Å². The van der Waals surface area contributed by atoms with Crippen LogP contribution in [0.15, 0.2) is 63.2 Å². The van der Waals surface area contributed by atoms with Crippen molar-refractivity contribution in [2.75, 3.05) is 7.11 Å². The lowest BCUT2D eigenvalue weighted by molar-refractivity contribution is 0.101. The molecule has 0 spiro atoms. The zero-order valence-corrected chi connectivity index (χ0v) is 13.4. The maximum absolute atomic E-state index is 12.3. The highest BCUT2D eigenvalue weighted by molar-refractivity contribution is 7.99. The fraction of sp³-hybridized carbons (Fsp3) is 0.0625. The topological polar surface area (TPSA) is 101 Å². The molecule has 0 unspecified atom stereocenters. The average Bonchev–Trinajstić information content (AvgIpc) is 3.27. The van der Waals surface area contributed by atoms with Gasteiger partial charge in [-0.1, -0.05) is 23.9 Å². The minimum atomic E-state index is -0.480. The predicted octanol–water partition coefficient (Wildman–Crippen LogP) is 3.34. The normalized spacial score (nSPS) is 11.5. The fourth-order valence-electron chi connectivity index (χ4n) is 1.97. The molecule has 0 bridgehead atoms. The largest absolute Gasteiger partial charge is 0.504 e. The van der Waals surface area contributed by atoms with E-state index in [1.54, 1.807) is 13.2 Å². The third-order valence-corrected chi connectivity index (χ3v) is 4.17. The fourth-order valence-corrected chi connectivity index (χ4v) is 2.97. The molecule has 7 nitrogen and oxygen atoms in total. The van der Waals surface area contributed by atoms with Crippen molar-refractivity contribution in [2.24, 2.45) is 0 Å². The van der Waals surface area contributed by atoms with Crippen molar-refractivity contribution in [1.29, 1.82) is 0 Å². The third kappa shape index (κ3) is 3.33. The summed E-state index contributed by atoms with van der Waals surface area (Å²) in [5.74, 6) is 0.126. The summed E-state index contributed by atoms with van der Waals surface area (Å²) in [6.07, 6.45) is 3.69. The molecule has 0 saturated heterocycles. The van der Waals surface area contributed by atoms with Crippen molar-refractivity contribution < 1.29 is 19.1 Å². The van der Waals surface area contributed by atoms with E-state index in [0.717, 1.165) is 11.0 Å². The molecule has 0 aliphatic heterocycles. The Morgan fingerprint density at radius 3 is 2.92 bits per heavy atom. The van der Waals surface area contributed by atoms with Gasteiger partial charge in [-0.15, -0.1) is 0 Å². The number of benzene rings is 1. The molecular weight excluding hydrogens is 330 g/mol. The molecule has 0 saturated carbocycles. The number of allylic oxidation sites excluding steroid dienone is 1. The van der Waals surface area contributed by atoms with Gasteiger partial charge in [0.05, 0.1) is 23.2 Å². The molecule has 0 atom stereocenters. The highest BCUT2D eigenvalue weighted by atomic mass is 32.2. The number of aromatic amines is 1. The van der Waals surface area contributed by atoms with E-state index in [4.69, 9.17) is 9.15 Å². The maximum atomic E-state index is 12.3. The summed E-state index contributed by atoms with van der Waals surface area (Å²) < 4.78 is 10.6. The molecule has 24 heavy (non-hydrogen) atoms. The predicted molar refractivity (Wildman–Crippen MR) is 87.1 cm³/mol. The summed E-state index contributed by atoms with van der Waals surface area (Å²) >= 11 is 1.34. The Balaban J connectivity index is 1.85. The number of ketones is 1. The molecule has 0 aliphatic carbocycles. The summed E-state index contributed by atoms with van der Waals surface area (Å²) in [7, 11) is 1.58. The molecule has 0 fully saturated rings. The molecule has 1 aromatic carbocycles. The number of aliphatic hydroxyl groups is 1. The van der Waals surface area contributed by atoms with E-state index in [-0.39, 0.29) is 17.3 Å². The van der Waals surface area contributed by atoms with Gasteiger partial charge in [0, 0.05) is 6.08 Å². The van der Waals surface area contributed by atoms with E-state index in [1.807, 2.05) is 24.3 Å². The van der Waals surface area contributed by atoms with Gasteiger partial charge in [-0.2, -0.15) is 5.10 Å². The first-order valence-corrected chi connectivity index (χ1v) is 7.69. The number of ether oxygens (including phenoxy) is 1. The van der Waals surface area contributed by atoms with Gasteiger partial charge in [-0.25, -0.2) is 4.98 Å². The van der Waals surface area contributed by atoms with Crippen LogP contribution in [0.3, 0.4) is 0 Å². The Morgan fingerprint density at radius 1 is 1.33 bits per heavy atom. The zero-order valence-electron chi connectivity index (χ0n) is 12.6. The average molecular weight is 343 g/mol.